The second kappa shape index (κ2) is 11.1. The van der Waals surface area contributed by atoms with E-state index >= 15 is 0 Å². The van der Waals surface area contributed by atoms with Crippen LogP contribution in [-0.2, 0) is 0 Å². The summed E-state index contributed by atoms with van der Waals surface area (Å²) in [6, 6.07) is 16.8. The van der Waals surface area contributed by atoms with Crippen LogP contribution in [0.1, 0.15) is 111 Å². The van der Waals surface area contributed by atoms with Crippen molar-refractivity contribution in [3.8, 4) is 0 Å². The molecular formula is C38H38N2O2S2. The van der Waals surface area contributed by atoms with Gasteiger partial charge in [0, 0.05) is 45.1 Å². The SMILES string of the molecule is CCCCC[C@@H](C)N1C(=O)c2ccc3c4ccc5c6c(ccc(c7ccc(c2c37)C1=S)c64)C(=O)N([C@H](C)CCCCC)C5=S. The molecule has 0 saturated heterocycles. The first-order chi connectivity index (χ1) is 21.3. The number of hydrogen-bond acceptors (Lipinski definition) is 4. The Hall–Kier alpha value is -3.48. The Morgan fingerprint density at radius 3 is 1.20 bits per heavy atom. The molecule has 6 heteroatoms. The fourth-order valence-corrected chi connectivity index (χ4v) is 8.61. The van der Waals surface area contributed by atoms with E-state index in [4.69, 9.17) is 24.4 Å². The van der Waals surface area contributed by atoms with Crippen molar-refractivity contribution in [2.75, 3.05) is 0 Å². The molecular weight excluding hydrogens is 581 g/mol. The third-order valence-corrected chi connectivity index (χ3v) is 10.9. The number of unbranched alkanes of at least 4 members (excludes halogenated alkanes) is 4. The average molecular weight is 619 g/mol. The van der Waals surface area contributed by atoms with E-state index in [9.17, 15) is 9.59 Å². The fraction of sp³-hybridized carbons (Fsp3) is 0.368. The third-order valence-electron chi connectivity index (χ3n) is 10.0. The van der Waals surface area contributed by atoms with Gasteiger partial charge in [0.15, 0.2) is 0 Å². The van der Waals surface area contributed by atoms with Gasteiger partial charge in [-0.2, -0.15) is 0 Å². The fourth-order valence-electron chi connectivity index (χ4n) is 7.74. The van der Waals surface area contributed by atoms with Crippen molar-refractivity contribution in [2.24, 2.45) is 0 Å². The maximum absolute atomic E-state index is 14.0. The Morgan fingerprint density at radius 1 is 0.523 bits per heavy atom. The minimum absolute atomic E-state index is 0.00432. The molecule has 0 fully saturated rings. The predicted molar refractivity (Wildman–Crippen MR) is 191 cm³/mol. The number of benzene rings is 5. The summed E-state index contributed by atoms with van der Waals surface area (Å²) in [6.45, 7) is 8.62. The van der Waals surface area contributed by atoms with Gasteiger partial charge in [-0.3, -0.25) is 19.4 Å². The van der Waals surface area contributed by atoms with E-state index in [-0.39, 0.29) is 23.9 Å². The number of carbonyl (C=O) groups excluding carboxylic acids is 2. The third kappa shape index (κ3) is 4.13. The van der Waals surface area contributed by atoms with E-state index in [1.165, 1.54) is 0 Å². The zero-order valence-electron chi connectivity index (χ0n) is 26.0. The van der Waals surface area contributed by atoms with Crippen molar-refractivity contribution in [1.82, 2.24) is 9.80 Å². The molecule has 0 bridgehead atoms. The minimum atomic E-state index is -0.00432. The highest BCUT2D eigenvalue weighted by molar-refractivity contribution is 7.81. The number of rotatable bonds is 10. The van der Waals surface area contributed by atoms with Gasteiger partial charge in [-0.1, -0.05) is 113 Å². The molecule has 4 nitrogen and oxygen atoms in total. The van der Waals surface area contributed by atoms with Gasteiger partial charge in [0.05, 0.1) is 0 Å². The molecule has 5 aromatic carbocycles. The van der Waals surface area contributed by atoms with Gasteiger partial charge < -0.3 is 0 Å². The van der Waals surface area contributed by atoms with E-state index in [0.717, 1.165) is 117 Å². The van der Waals surface area contributed by atoms with E-state index in [2.05, 4.69) is 64.1 Å². The molecule has 2 amide bonds. The molecule has 5 aromatic rings. The standard InChI is InChI=1S/C38H38N2O2S2/c1-5-7-9-11-21(3)39-35(41)27-17-13-23-26-16-20-30-34-28(36(42)40(38(30)44)22(4)12-10-8-6-2)18-14-24(32(26)34)25-15-19-29(37(39)43)33(27)31(23)25/h13-22H,5-12H2,1-4H3/t21-,22-/m1/s1. The summed E-state index contributed by atoms with van der Waals surface area (Å²) >= 11 is 12.1. The van der Waals surface area contributed by atoms with Crippen LogP contribution in [0.4, 0.5) is 0 Å². The summed E-state index contributed by atoms with van der Waals surface area (Å²) < 4.78 is 0. The van der Waals surface area contributed by atoms with Crippen LogP contribution in [0.25, 0.3) is 43.1 Å². The van der Waals surface area contributed by atoms with Crippen LogP contribution in [0.2, 0.25) is 0 Å². The first kappa shape index (κ1) is 29.2. The molecule has 2 heterocycles. The van der Waals surface area contributed by atoms with Crippen molar-refractivity contribution >= 4 is 89.3 Å². The smallest absolute Gasteiger partial charge is 0.259 e. The highest BCUT2D eigenvalue weighted by Gasteiger charge is 2.37. The molecule has 0 aromatic heterocycles. The second-order valence-corrected chi connectivity index (χ2v) is 13.6. The van der Waals surface area contributed by atoms with Crippen LogP contribution in [0.3, 0.4) is 0 Å². The Kier molecular flexibility index (Phi) is 7.41. The highest BCUT2D eigenvalue weighted by atomic mass is 32.1. The summed E-state index contributed by atoms with van der Waals surface area (Å²) in [5, 5.41) is 8.34. The first-order valence-electron chi connectivity index (χ1n) is 16.3. The van der Waals surface area contributed by atoms with Crippen LogP contribution in [0.15, 0.2) is 48.5 Å². The van der Waals surface area contributed by atoms with Crippen LogP contribution in [0.5, 0.6) is 0 Å². The van der Waals surface area contributed by atoms with E-state index < -0.39 is 0 Å². The lowest BCUT2D eigenvalue weighted by molar-refractivity contribution is 0.0798. The quantitative estimate of drug-likeness (QED) is 0.0676. The van der Waals surface area contributed by atoms with Crippen LogP contribution in [0, 0.1) is 0 Å². The van der Waals surface area contributed by atoms with Crippen molar-refractivity contribution in [1.29, 1.82) is 0 Å². The molecule has 0 unspecified atom stereocenters. The Bertz CT molecular complexity index is 1760. The van der Waals surface area contributed by atoms with Crippen LogP contribution < -0.4 is 0 Å². The average Bonchev–Trinajstić information content (AvgIpc) is 3.02. The van der Waals surface area contributed by atoms with E-state index in [1.807, 2.05) is 21.9 Å². The van der Waals surface area contributed by atoms with Crippen molar-refractivity contribution in [2.45, 2.75) is 91.1 Å². The van der Waals surface area contributed by atoms with Gasteiger partial charge in [-0.25, -0.2) is 0 Å². The Balaban J connectivity index is 1.41. The Morgan fingerprint density at radius 2 is 0.864 bits per heavy atom. The number of hydrogen-bond donors (Lipinski definition) is 0. The van der Waals surface area contributed by atoms with Gasteiger partial charge >= 0.3 is 0 Å². The van der Waals surface area contributed by atoms with Crippen molar-refractivity contribution in [3.63, 3.8) is 0 Å². The Labute approximate surface area is 269 Å². The molecule has 2 atom stereocenters. The topological polar surface area (TPSA) is 40.6 Å². The number of fused-ring (bicyclic) bond motifs is 2. The zero-order chi connectivity index (χ0) is 30.9. The summed E-state index contributed by atoms with van der Waals surface area (Å²) in [6.07, 6.45) is 8.62. The van der Waals surface area contributed by atoms with Gasteiger partial charge in [0.25, 0.3) is 11.8 Å². The lowest BCUT2D eigenvalue weighted by Gasteiger charge is -2.36. The molecule has 0 saturated carbocycles. The molecule has 0 aliphatic carbocycles. The van der Waals surface area contributed by atoms with E-state index in [1.54, 1.807) is 0 Å². The monoisotopic (exact) mass is 618 g/mol. The summed E-state index contributed by atoms with van der Waals surface area (Å²) in [5.74, 6) is -0.00864. The molecule has 44 heavy (non-hydrogen) atoms. The molecule has 0 N–H and O–H groups in total. The van der Waals surface area contributed by atoms with Crippen molar-refractivity contribution < 1.29 is 9.59 Å². The van der Waals surface area contributed by atoms with Crippen LogP contribution >= 0.6 is 24.4 Å². The lowest BCUT2D eigenvalue weighted by Crippen LogP contribution is -2.45. The van der Waals surface area contributed by atoms with E-state index in [0.29, 0.717) is 9.98 Å². The molecule has 2 aliphatic heterocycles. The van der Waals surface area contributed by atoms with Gasteiger partial charge in [-0.15, -0.1) is 0 Å². The van der Waals surface area contributed by atoms with Crippen molar-refractivity contribution in [3.05, 3.63) is 70.8 Å². The number of nitrogens with zero attached hydrogens (tertiary/aromatic N) is 2. The summed E-state index contributed by atoms with van der Waals surface area (Å²) in [4.78, 5) is 32.9. The molecule has 0 radical (unpaired) electrons. The van der Waals surface area contributed by atoms with Crippen LogP contribution in [-0.4, -0.2) is 43.7 Å². The molecule has 7 rings (SSSR count). The summed E-state index contributed by atoms with van der Waals surface area (Å²) in [7, 11) is 0. The molecule has 224 valence electrons. The van der Waals surface area contributed by atoms with Gasteiger partial charge in [0.1, 0.15) is 9.98 Å². The molecule has 2 aliphatic rings. The molecule has 0 spiro atoms. The van der Waals surface area contributed by atoms with Gasteiger partial charge in [-0.05, 0) is 71.1 Å². The normalized spacial score (nSPS) is 16.4. The first-order valence-corrected chi connectivity index (χ1v) is 17.1. The number of thiocarbonyl (C=S) groups is 2. The maximum Gasteiger partial charge on any atom is 0.259 e. The zero-order valence-corrected chi connectivity index (χ0v) is 27.6. The highest BCUT2D eigenvalue weighted by Crippen LogP contribution is 2.46. The predicted octanol–water partition coefficient (Wildman–Crippen LogP) is 9.94. The maximum atomic E-state index is 14.0. The number of amides is 2. The minimum Gasteiger partial charge on any atom is -0.296 e. The summed E-state index contributed by atoms with van der Waals surface area (Å²) in [5.41, 5.74) is 3.34. The lowest BCUT2D eigenvalue weighted by atomic mass is 9.82. The largest absolute Gasteiger partial charge is 0.296 e. The number of carbonyl (C=O) groups is 2. The second-order valence-electron chi connectivity index (χ2n) is 12.8. The van der Waals surface area contributed by atoms with Gasteiger partial charge in [0.2, 0.25) is 0 Å².